The number of halogens is 2. The number of pyridine rings is 1. The fourth-order valence-electron chi connectivity index (χ4n) is 5.13. The number of carbonyl (C=O) groups is 1. The number of carbonyl (C=O) groups excluding carboxylic acids is 1. The highest BCUT2D eigenvalue weighted by Gasteiger charge is 2.18. The molecule has 1 saturated heterocycles. The zero-order chi connectivity index (χ0) is 32.8. The number of nitrogens with zero attached hydrogens (tertiary/aromatic N) is 4. The Morgan fingerprint density at radius 1 is 0.936 bits per heavy atom. The summed E-state index contributed by atoms with van der Waals surface area (Å²) < 4.78 is 52.7. The molecule has 0 saturated carbocycles. The maximum Gasteiger partial charge on any atom is 0.286 e. The first-order valence-corrected chi connectivity index (χ1v) is 14.9. The summed E-state index contributed by atoms with van der Waals surface area (Å²) in [5.41, 5.74) is -0.147. The van der Waals surface area contributed by atoms with Crippen LogP contribution in [0.3, 0.4) is 0 Å². The van der Waals surface area contributed by atoms with Gasteiger partial charge in [0, 0.05) is 67.1 Å². The van der Waals surface area contributed by atoms with Crippen molar-refractivity contribution in [3.63, 3.8) is 0 Å². The average Bonchev–Trinajstić information content (AvgIpc) is 3.08. The van der Waals surface area contributed by atoms with E-state index < -0.39 is 28.8 Å². The normalized spacial score (nSPS) is 13.3. The van der Waals surface area contributed by atoms with Crippen LogP contribution in [0.4, 0.5) is 14.5 Å². The van der Waals surface area contributed by atoms with Crippen molar-refractivity contribution in [1.82, 2.24) is 19.4 Å². The van der Waals surface area contributed by atoms with Crippen molar-refractivity contribution >= 4 is 22.5 Å². The molecule has 0 unspecified atom stereocenters. The molecule has 13 heteroatoms. The predicted octanol–water partition coefficient (Wildman–Crippen LogP) is 5.21. The van der Waals surface area contributed by atoms with E-state index in [4.69, 9.17) is 18.9 Å². The molecule has 1 aliphatic rings. The molecule has 242 valence electrons. The fraction of sp³-hybridized carbons (Fsp3) is 0.235. The highest BCUT2D eigenvalue weighted by molar-refractivity contribution is 6.02. The van der Waals surface area contributed by atoms with E-state index in [1.165, 1.54) is 55.9 Å². The second-order valence-electron chi connectivity index (χ2n) is 10.6. The van der Waals surface area contributed by atoms with Crippen LogP contribution in [-0.2, 0) is 4.74 Å². The molecular formula is C34H31F2N5O6. The van der Waals surface area contributed by atoms with E-state index in [0.29, 0.717) is 40.4 Å². The van der Waals surface area contributed by atoms with Crippen LogP contribution in [0.2, 0.25) is 0 Å². The molecule has 0 atom stereocenters. The van der Waals surface area contributed by atoms with Crippen molar-refractivity contribution in [2.24, 2.45) is 0 Å². The molecule has 1 aliphatic heterocycles. The fourth-order valence-corrected chi connectivity index (χ4v) is 5.13. The van der Waals surface area contributed by atoms with Gasteiger partial charge in [-0.15, -0.1) is 0 Å². The van der Waals surface area contributed by atoms with E-state index in [0.717, 1.165) is 49.9 Å². The number of morpholine rings is 1. The quantitative estimate of drug-likeness (QED) is 0.194. The molecular weight excluding hydrogens is 612 g/mol. The Morgan fingerprint density at radius 3 is 2.51 bits per heavy atom. The lowest BCUT2D eigenvalue weighted by Crippen LogP contribution is -2.37. The van der Waals surface area contributed by atoms with Crippen LogP contribution < -0.4 is 25.1 Å². The van der Waals surface area contributed by atoms with Gasteiger partial charge in [0.25, 0.3) is 11.5 Å². The molecule has 5 aromatic rings. The van der Waals surface area contributed by atoms with E-state index in [1.807, 2.05) is 0 Å². The molecule has 11 nitrogen and oxygen atoms in total. The van der Waals surface area contributed by atoms with Gasteiger partial charge in [-0.05, 0) is 55.0 Å². The van der Waals surface area contributed by atoms with Crippen molar-refractivity contribution in [2.45, 2.75) is 6.42 Å². The molecule has 0 bridgehead atoms. The molecule has 1 fully saturated rings. The molecule has 3 aromatic carbocycles. The van der Waals surface area contributed by atoms with E-state index in [9.17, 15) is 14.0 Å². The van der Waals surface area contributed by atoms with E-state index in [2.05, 4.69) is 20.2 Å². The van der Waals surface area contributed by atoms with Crippen molar-refractivity contribution in [2.75, 3.05) is 51.9 Å². The Hall–Kier alpha value is -5.40. The first-order chi connectivity index (χ1) is 22.9. The first kappa shape index (κ1) is 31.6. The summed E-state index contributed by atoms with van der Waals surface area (Å²) >= 11 is 0. The smallest absolute Gasteiger partial charge is 0.286 e. The van der Waals surface area contributed by atoms with Crippen molar-refractivity contribution in [3.8, 4) is 28.7 Å². The van der Waals surface area contributed by atoms with Crippen LogP contribution in [0, 0.1) is 11.6 Å². The predicted molar refractivity (Wildman–Crippen MR) is 170 cm³/mol. The number of ether oxygens (including phenoxy) is 4. The van der Waals surface area contributed by atoms with E-state index >= 15 is 4.39 Å². The summed E-state index contributed by atoms with van der Waals surface area (Å²) in [4.78, 5) is 36.5. The lowest BCUT2D eigenvalue weighted by atomic mass is 10.1. The number of fused-ring (bicyclic) bond motifs is 1. The number of anilines is 1. The Balaban J connectivity index is 1.14. The summed E-state index contributed by atoms with van der Waals surface area (Å²) in [6, 6.07) is 14.1. The third-order valence-corrected chi connectivity index (χ3v) is 7.54. The van der Waals surface area contributed by atoms with Gasteiger partial charge in [-0.25, -0.2) is 13.8 Å². The SMILES string of the molecule is COc1cc2c(Oc3ccc(NC(=O)c4nccn(-c5ccc(F)cc5)c4=O)cc3F)ccnc2cc1OCCCN1CCOCC1. The van der Waals surface area contributed by atoms with Crippen molar-refractivity contribution in [1.29, 1.82) is 0 Å². The highest BCUT2D eigenvalue weighted by atomic mass is 19.1. The number of benzene rings is 3. The maximum absolute atomic E-state index is 15.2. The summed E-state index contributed by atoms with van der Waals surface area (Å²) in [6.45, 7) is 4.72. The monoisotopic (exact) mass is 643 g/mol. The molecule has 0 radical (unpaired) electrons. The van der Waals surface area contributed by atoms with E-state index in [-0.39, 0.29) is 11.4 Å². The van der Waals surface area contributed by atoms with Crippen molar-refractivity contribution < 1.29 is 32.5 Å². The first-order valence-electron chi connectivity index (χ1n) is 14.9. The zero-order valence-electron chi connectivity index (χ0n) is 25.4. The zero-order valence-corrected chi connectivity index (χ0v) is 25.4. The number of hydrogen-bond donors (Lipinski definition) is 1. The van der Waals surface area contributed by atoms with Crippen LogP contribution in [0.25, 0.3) is 16.6 Å². The minimum atomic E-state index is -0.842. The second-order valence-corrected chi connectivity index (χ2v) is 10.6. The molecule has 3 heterocycles. The lowest BCUT2D eigenvalue weighted by Gasteiger charge is -2.26. The minimum Gasteiger partial charge on any atom is -0.493 e. The van der Waals surface area contributed by atoms with Crippen LogP contribution >= 0.6 is 0 Å². The van der Waals surface area contributed by atoms with Gasteiger partial charge in [0.2, 0.25) is 0 Å². The highest BCUT2D eigenvalue weighted by Crippen LogP contribution is 2.38. The topological polar surface area (TPSA) is 117 Å². The molecule has 0 spiro atoms. The molecule has 2 aromatic heterocycles. The standard InChI is InChI=1S/C34H31F2N5O6/c1-44-30-20-25-27(21-31(30)46-16-2-12-40-14-17-45-18-15-40)37-10-9-28(25)47-29-8-5-23(19-26(29)36)39-33(42)32-34(43)41(13-11-38-32)24-6-3-22(35)4-7-24/h3-11,13,19-21H,2,12,14-18H2,1H3,(H,39,42). The van der Waals surface area contributed by atoms with Crippen LogP contribution in [0.1, 0.15) is 16.9 Å². The molecule has 47 heavy (non-hydrogen) atoms. The van der Waals surface area contributed by atoms with E-state index in [1.54, 1.807) is 24.4 Å². The van der Waals surface area contributed by atoms with Crippen LogP contribution in [0.15, 0.2) is 84.0 Å². The number of nitrogens with one attached hydrogen (secondary N) is 1. The largest absolute Gasteiger partial charge is 0.493 e. The summed E-state index contributed by atoms with van der Waals surface area (Å²) in [5.74, 6) is -0.823. The number of rotatable bonds is 11. The number of hydrogen-bond acceptors (Lipinski definition) is 9. The number of amides is 1. The third-order valence-electron chi connectivity index (χ3n) is 7.54. The minimum absolute atomic E-state index is 0.0786. The molecule has 0 aliphatic carbocycles. The molecule has 1 N–H and O–H groups in total. The Kier molecular flexibility index (Phi) is 9.64. The third kappa shape index (κ3) is 7.37. The van der Waals surface area contributed by atoms with Gasteiger partial charge >= 0.3 is 0 Å². The molecule has 6 rings (SSSR count). The van der Waals surface area contributed by atoms with Gasteiger partial charge in [-0.2, -0.15) is 0 Å². The van der Waals surface area contributed by atoms with Crippen molar-refractivity contribution in [3.05, 3.63) is 107 Å². The van der Waals surface area contributed by atoms with Crippen LogP contribution in [0.5, 0.6) is 23.0 Å². The number of aromatic nitrogens is 3. The summed E-state index contributed by atoms with van der Waals surface area (Å²) in [5, 5.41) is 3.07. The van der Waals surface area contributed by atoms with Gasteiger partial charge < -0.3 is 24.3 Å². The summed E-state index contributed by atoms with van der Waals surface area (Å²) in [7, 11) is 1.54. The van der Waals surface area contributed by atoms with Gasteiger partial charge in [0.05, 0.1) is 32.4 Å². The van der Waals surface area contributed by atoms with Crippen LogP contribution in [-0.4, -0.2) is 71.9 Å². The molecule has 1 amide bonds. The van der Waals surface area contributed by atoms with Gasteiger partial charge in [-0.3, -0.25) is 24.0 Å². The average molecular weight is 644 g/mol. The Bertz CT molecular complexity index is 1950. The van der Waals surface area contributed by atoms with Gasteiger partial charge in [-0.1, -0.05) is 0 Å². The maximum atomic E-state index is 15.2. The Labute approximate surface area is 268 Å². The Morgan fingerprint density at radius 2 is 1.74 bits per heavy atom. The lowest BCUT2D eigenvalue weighted by molar-refractivity contribution is 0.0357. The number of methoxy groups -OCH3 is 1. The second kappa shape index (κ2) is 14.4. The van der Waals surface area contributed by atoms with Gasteiger partial charge in [0.15, 0.2) is 28.8 Å². The summed E-state index contributed by atoms with van der Waals surface area (Å²) in [6.07, 6.45) is 5.01. The van der Waals surface area contributed by atoms with Gasteiger partial charge in [0.1, 0.15) is 11.6 Å².